The van der Waals surface area contributed by atoms with Gasteiger partial charge in [0.1, 0.15) is 6.04 Å². The van der Waals surface area contributed by atoms with Gasteiger partial charge in [0.2, 0.25) is 5.91 Å². The van der Waals surface area contributed by atoms with Crippen molar-refractivity contribution in [3.8, 4) is 0 Å². The fourth-order valence-corrected chi connectivity index (χ4v) is 4.84. The van der Waals surface area contributed by atoms with Crippen molar-refractivity contribution in [1.82, 2.24) is 20.1 Å². The first-order valence-electron chi connectivity index (χ1n) is 11.8. The number of hydrogen-bond donors (Lipinski definition) is 2. The number of carbonyl (C=O) groups is 2. The molecular formula is C25H33N5O3. The van der Waals surface area contributed by atoms with E-state index >= 15 is 0 Å². The third-order valence-corrected chi connectivity index (χ3v) is 6.74. The number of pyridine rings is 1. The number of hydrogen-bond acceptors (Lipinski definition) is 5. The van der Waals surface area contributed by atoms with E-state index in [-0.39, 0.29) is 12.5 Å². The minimum Gasteiger partial charge on any atom is -0.465 e. The molecule has 2 amide bonds. The van der Waals surface area contributed by atoms with E-state index in [9.17, 15) is 14.7 Å². The van der Waals surface area contributed by atoms with Crippen molar-refractivity contribution in [2.45, 2.75) is 31.8 Å². The van der Waals surface area contributed by atoms with Gasteiger partial charge in [0.15, 0.2) is 0 Å². The van der Waals surface area contributed by atoms with Crippen molar-refractivity contribution in [1.29, 1.82) is 0 Å². The van der Waals surface area contributed by atoms with E-state index in [1.807, 2.05) is 47.4 Å². The molecule has 176 valence electrons. The number of carbonyl (C=O) groups excluding carboxylic acids is 1. The van der Waals surface area contributed by atoms with Crippen molar-refractivity contribution in [3.05, 3.63) is 60.4 Å². The zero-order valence-corrected chi connectivity index (χ0v) is 19.0. The molecular weight excluding hydrogens is 418 g/mol. The Morgan fingerprint density at radius 1 is 1.03 bits per heavy atom. The van der Waals surface area contributed by atoms with Crippen LogP contribution in [0.3, 0.4) is 0 Å². The molecule has 33 heavy (non-hydrogen) atoms. The lowest BCUT2D eigenvalue weighted by Gasteiger charge is -2.40. The van der Waals surface area contributed by atoms with Gasteiger partial charge in [-0.1, -0.05) is 30.3 Å². The second-order valence-corrected chi connectivity index (χ2v) is 8.86. The van der Waals surface area contributed by atoms with E-state index in [0.717, 1.165) is 50.3 Å². The number of carboxylic acid groups (broad SMARTS) is 1. The maximum atomic E-state index is 13.7. The number of aromatic nitrogens is 1. The summed E-state index contributed by atoms with van der Waals surface area (Å²) in [6, 6.07) is 12.8. The van der Waals surface area contributed by atoms with Gasteiger partial charge in [-0.15, -0.1) is 0 Å². The highest BCUT2D eigenvalue weighted by Gasteiger charge is 2.36. The molecule has 2 fully saturated rings. The molecule has 0 unspecified atom stereocenters. The third-order valence-electron chi connectivity index (χ3n) is 6.74. The summed E-state index contributed by atoms with van der Waals surface area (Å²) in [4.78, 5) is 35.6. The summed E-state index contributed by atoms with van der Waals surface area (Å²) < 4.78 is 0. The van der Waals surface area contributed by atoms with Gasteiger partial charge < -0.3 is 20.2 Å². The van der Waals surface area contributed by atoms with Gasteiger partial charge in [-0.3, -0.25) is 14.7 Å². The van der Waals surface area contributed by atoms with E-state index in [0.29, 0.717) is 25.4 Å². The van der Waals surface area contributed by atoms with Crippen LogP contribution in [0, 0.1) is 5.92 Å². The van der Waals surface area contributed by atoms with Crippen LogP contribution in [-0.4, -0.2) is 77.2 Å². The number of nitrogens with zero attached hydrogens (tertiary/aromatic N) is 4. The van der Waals surface area contributed by atoms with Crippen LogP contribution < -0.4 is 10.2 Å². The van der Waals surface area contributed by atoms with Crippen LogP contribution in [0.1, 0.15) is 24.8 Å². The number of nitrogens with one attached hydrogen (secondary N) is 1. The molecule has 0 radical (unpaired) electrons. The number of rotatable bonds is 7. The zero-order valence-electron chi connectivity index (χ0n) is 19.0. The van der Waals surface area contributed by atoms with Gasteiger partial charge in [-0.25, -0.2) is 4.79 Å². The Hall–Kier alpha value is -3.13. The van der Waals surface area contributed by atoms with Gasteiger partial charge in [0, 0.05) is 50.8 Å². The largest absolute Gasteiger partial charge is 0.465 e. The molecule has 0 bridgehead atoms. The van der Waals surface area contributed by atoms with Gasteiger partial charge in [0.25, 0.3) is 0 Å². The number of amides is 2. The van der Waals surface area contributed by atoms with Gasteiger partial charge >= 0.3 is 6.09 Å². The summed E-state index contributed by atoms with van der Waals surface area (Å²) in [6.07, 6.45) is 5.02. The quantitative estimate of drug-likeness (QED) is 0.673. The molecule has 0 aliphatic carbocycles. The smallest absolute Gasteiger partial charge is 0.408 e. The minimum absolute atomic E-state index is 0.0683. The van der Waals surface area contributed by atoms with Crippen LogP contribution in [0.4, 0.5) is 10.5 Å². The summed E-state index contributed by atoms with van der Waals surface area (Å²) in [5.41, 5.74) is 1.99. The highest BCUT2D eigenvalue weighted by molar-refractivity contribution is 5.85. The Balaban J connectivity index is 1.49. The number of piperazine rings is 1. The SMILES string of the molecule is O=C([C@H](CC1CCNCC1)N(Cc1ccccc1)C(=O)O)N1CCN(c2ccncc2)CC1. The lowest BCUT2D eigenvalue weighted by atomic mass is 9.89. The molecule has 0 spiro atoms. The molecule has 2 N–H and O–H groups in total. The third kappa shape index (κ3) is 6.01. The van der Waals surface area contributed by atoms with Crippen molar-refractivity contribution in [2.75, 3.05) is 44.2 Å². The molecule has 1 aromatic heterocycles. The summed E-state index contributed by atoms with van der Waals surface area (Å²) >= 11 is 0. The van der Waals surface area contributed by atoms with Crippen LogP contribution >= 0.6 is 0 Å². The standard InChI is InChI=1S/C25H33N5O3/c31-24(29-16-14-28(15-17-29)22-8-12-27-13-9-22)23(18-20-6-10-26-11-7-20)30(25(32)33)19-21-4-2-1-3-5-21/h1-5,8-9,12-13,20,23,26H,6-7,10-11,14-19H2,(H,32,33)/t23-/m0/s1. The molecule has 8 heteroatoms. The van der Waals surface area contributed by atoms with Crippen molar-refractivity contribution in [3.63, 3.8) is 0 Å². The lowest BCUT2D eigenvalue weighted by molar-refractivity contribution is -0.137. The Morgan fingerprint density at radius 3 is 2.33 bits per heavy atom. The summed E-state index contributed by atoms with van der Waals surface area (Å²) in [7, 11) is 0. The van der Waals surface area contributed by atoms with Crippen LogP contribution in [-0.2, 0) is 11.3 Å². The van der Waals surface area contributed by atoms with E-state index < -0.39 is 12.1 Å². The summed E-state index contributed by atoms with van der Waals surface area (Å²) in [5.74, 6) is 0.275. The molecule has 2 saturated heterocycles. The predicted octanol–water partition coefficient (Wildman–Crippen LogP) is 2.67. The van der Waals surface area contributed by atoms with E-state index in [2.05, 4.69) is 15.2 Å². The van der Waals surface area contributed by atoms with Crippen molar-refractivity contribution < 1.29 is 14.7 Å². The van der Waals surface area contributed by atoms with Crippen LogP contribution in [0.15, 0.2) is 54.9 Å². The Bertz CT molecular complexity index is 897. The highest BCUT2D eigenvalue weighted by atomic mass is 16.4. The van der Waals surface area contributed by atoms with Crippen LogP contribution in [0.5, 0.6) is 0 Å². The molecule has 3 heterocycles. The van der Waals surface area contributed by atoms with Crippen molar-refractivity contribution >= 4 is 17.7 Å². The highest BCUT2D eigenvalue weighted by Crippen LogP contribution is 2.25. The lowest BCUT2D eigenvalue weighted by Crippen LogP contribution is -2.56. The average Bonchev–Trinajstić information content (AvgIpc) is 2.87. The topological polar surface area (TPSA) is 89.0 Å². The molecule has 1 atom stereocenters. The molecule has 8 nitrogen and oxygen atoms in total. The second-order valence-electron chi connectivity index (χ2n) is 8.86. The first-order valence-corrected chi connectivity index (χ1v) is 11.8. The van der Waals surface area contributed by atoms with Gasteiger partial charge in [0.05, 0.1) is 0 Å². The Kier molecular flexibility index (Phi) is 7.78. The molecule has 2 aromatic rings. The van der Waals surface area contributed by atoms with Crippen molar-refractivity contribution in [2.24, 2.45) is 5.92 Å². The van der Waals surface area contributed by atoms with Crippen LogP contribution in [0.2, 0.25) is 0 Å². The van der Waals surface area contributed by atoms with Gasteiger partial charge in [-0.2, -0.15) is 0 Å². The van der Waals surface area contributed by atoms with E-state index in [1.54, 1.807) is 12.4 Å². The molecule has 0 saturated carbocycles. The predicted molar refractivity (Wildman–Crippen MR) is 127 cm³/mol. The average molecular weight is 452 g/mol. The monoisotopic (exact) mass is 451 g/mol. The Morgan fingerprint density at radius 2 is 1.70 bits per heavy atom. The first-order chi connectivity index (χ1) is 16.1. The van der Waals surface area contributed by atoms with E-state index in [4.69, 9.17) is 0 Å². The van der Waals surface area contributed by atoms with Crippen LogP contribution in [0.25, 0.3) is 0 Å². The summed E-state index contributed by atoms with van der Waals surface area (Å²) in [6.45, 7) is 4.67. The maximum Gasteiger partial charge on any atom is 0.408 e. The fourth-order valence-electron chi connectivity index (χ4n) is 4.84. The maximum absolute atomic E-state index is 13.7. The number of benzene rings is 1. The second kappa shape index (κ2) is 11.1. The molecule has 2 aliphatic heterocycles. The molecule has 4 rings (SSSR count). The zero-order chi connectivity index (χ0) is 23.0. The normalized spacial score (nSPS) is 18.1. The van der Waals surface area contributed by atoms with E-state index in [1.165, 1.54) is 4.90 Å². The molecule has 1 aromatic carbocycles. The Labute approximate surface area is 195 Å². The first kappa shape index (κ1) is 23.0. The number of piperidine rings is 1. The van der Waals surface area contributed by atoms with Gasteiger partial charge in [-0.05, 0) is 56.0 Å². The summed E-state index contributed by atoms with van der Waals surface area (Å²) in [5, 5.41) is 13.5. The number of anilines is 1. The fraction of sp³-hybridized carbons (Fsp3) is 0.480. The minimum atomic E-state index is -1.04. The molecule has 2 aliphatic rings.